The molecule has 1 atom stereocenters. The zero-order valence-electron chi connectivity index (χ0n) is 20.5. The van der Waals surface area contributed by atoms with E-state index >= 15 is 0 Å². The number of piperazine rings is 1. The second-order valence-electron chi connectivity index (χ2n) is 9.53. The normalized spacial score (nSPS) is 20.9. The van der Waals surface area contributed by atoms with Crippen LogP contribution in [0.1, 0.15) is 18.1 Å². The maximum Gasteiger partial charge on any atom is 0.325 e. The Hall–Kier alpha value is -3.76. The van der Waals surface area contributed by atoms with Crippen LogP contribution in [0.4, 0.5) is 4.79 Å². The molecule has 0 spiro atoms. The van der Waals surface area contributed by atoms with Gasteiger partial charge in [0, 0.05) is 26.2 Å². The van der Waals surface area contributed by atoms with E-state index in [2.05, 4.69) is 5.32 Å². The first-order chi connectivity index (χ1) is 17.7. The quantitative estimate of drug-likeness (QED) is 0.502. The smallest absolute Gasteiger partial charge is 0.325 e. The number of fused-ring (bicyclic) bond motifs is 1. The number of nitrogens with zero attached hydrogens (tertiary/aromatic N) is 3. The summed E-state index contributed by atoms with van der Waals surface area (Å²) in [6, 6.07) is 21.6. The Balaban J connectivity index is 1.22. The fourth-order valence-electron chi connectivity index (χ4n) is 4.86. The highest BCUT2D eigenvalue weighted by atomic mass is 32.2. The Labute approximate surface area is 215 Å². The van der Waals surface area contributed by atoms with Crippen molar-refractivity contribution in [2.75, 3.05) is 32.7 Å². The molecule has 3 aromatic carbocycles. The minimum atomic E-state index is -3.52. The molecule has 0 radical (unpaired) electrons. The van der Waals surface area contributed by atoms with E-state index in [1.54, 1.807) is 37.3 Å². The third kappa shape index (κ3) is 4.82. The molecule has 2 saturated heterocycles. The third-order valence-corrected chi connectivity index (χ3v) is 8.92. The van der Waals surface area contributed by atoms with Gasteiger partial charge in [-0.2, -0.15) is 4.31 Å². The van der Waals surface area contributed by atoms with Gasteiger partial charge in [0.05, 0.1) is 5.75 Å². The molecule has 5 rings (SSSR count). The lowest BCUT2D eigenvalue weighted by molar-refractivity contribution is -0.139. The van der Waals surface area contributed by atoms with Crippen molar-refractivity contribution < 1.29 is 22.8 Å². The molecule has 2 fully saturated rings. The van der Waals surface area contributed by atoms with Crippen molar-refractivity contribution >= 4 is 38.6 Å². The summed E-state index contributed by atoms with van der Waals surface area (Å²) in [6.45, 7) is 1.95. The summed E-state index contributed by atoms with van der Waals surface area (Å²) < 4.78 is 27.0. The van der Waals surface area contributed by atoms with E-state index in [1.807, 2.05) is 42.5 Å². The van der Waals surface area contributed by atoms with Gasteiger partial charge in [-0.1, -0.05) is 66.7 Å². The average Bonchev–Trinajstić information content (AvgIpc) is 3.12. The number of rotatable bonds is 6. The molecule has 0 aromatic heterocycles. The molecule has 2 aliphatic rings. The summed E-state index contributed by atoms with van der Waals surface area (Å²) in [5.41, 5.74) is 0.0526. The highest BCUT2D eigenvalue weighted by Gasteiger charge is 2.50. The van der Waals surface area contributed by atoms with E-state index in [0.717, 1.165) is 15.7 Å². The maximum atomic E-state index is 13.3. The first kappa shape index (κ1) is 24.9. The fourth-order valence-corrected chi connectivity index (χ4v) is 6.38. The summed E-state index contributed by atoms with van der Waals surface area (Å²) in [4.78, 5) is 41.5. The molecule has 192 valence electrons. The van der Waals surface area contributed by atoms with Crippen LogP contribution in [0.5, 0.6) is 0 Å². The van der Waals surface area contributed by atoms with Crippen molar-refractivity contribution in [3.05, 3.63) is 83.9 Å². The van der Waals surface area contributed by atoms with E-state index < -0.39 is 40.0 Å². The summed E-state index contributed by atoms with van der Waals surface area (Å²) >= 11 is 0. The fraction of sp³-hybridized carbons (Fsp3) is 0.296. The Bertz CT molecular complexity index is 1470. The molecule has 2 heterocycles. The molecular formula is C27H28N4O5S. The Morgan fingerprint density at radius 1 is 0.892 bits per heavy atom. The van der Waals surface area contributed by atoms with Crippen LogP contribution in [0.3, 0.4) is 0 Å². The lowest BCUT2D eigenvalue weighted by Gasteiger charge is -2.34. The van der Waals surface area contributed by atoms with Crippen LogP contribution in [0.2, 0.25) is 0 Å². The highest BCUT2D eigenvalue weighted by molar-refractivity contribution is 7.88. The number of hydrogen-bond donors (Lipinski definition) is 1. The molecule has 0 aliphatic carbocycles. The predicted octanol–water partition coefficient (Wildman–Crippen LogP) is 2.28. The van der Waals surface area contributed by atoms with Crippen molar-refractivity contribution in [2.24, 2.45) is 0 Å². The Morgan fingerprint density at radius 2 is 1.54 bits per heavy atom. The number of carbonyl (C=O) groups excluding carboxylic acids is 3. The number of hydrogen-bond acceptors (Lipinski definition) is 5. The van der Waals surface area contributed by atoms with Gasteiger partial charge in [0.2, 0.25) is 15.9 Å². The van der Waals surface area contributed by atoms with Crippen LogP contribution in [0, 0.1) is 0 Å². The number of urea groups is 1. The first-order valence-corrected chi connectivity index (χ1v) is 13.7. The zero-order chi connectivity index (χ0) is 26.2. The Kier molecular flexibility index (Phi) is 6.47. The van der Waals surface area contributed by atoms with E-state index in [1.165, 1.54) is 9.21 Å². The SMILES string of the molecule is C[C@@]1(c2ccc3ccccc3c2)NC(=O)N(CC(=O)N2CCN(S(=O)(=O)Cc3ccccc3)CC2)C1=O. The van der Waals surface area contributed by atoms with Gasteiger partial charge in [-0.15, -0.1) is 0 Å². The number of sulfonamides is 1. The number of carbonyl (C=O) groups is 3. The van der Waals surface area contributed by atoms with Crippen molar-refractivity contribution in [1.29, 1.82) is 0 Å². The minimum Gasteiger partial charge on any atom is -0.338 e. The number of imide groups is 1. The van der Waals surface area contributed by atoms with Gasteiger partial charge in [-0.25, -0.2) is 13.2 Å². The lowest BCUT2D eigenvalue weighted by Crippen LogP contribution is -2.53. The van der Waals surface area contributed by atoms with E-state index in [0.29, 0.717) is 11.1 Å². The van der Waals surface area contributed by atoms with Crippen LogP contribution < -0.4 is 5.32 Å². The monoisotopic (exact) mass is 520 g/mol. The van der Waals surface area contributed by atoms with Crippen LogP contribution in [-0.2, 0) is 30.9 Å². The summed E-state index contributed by atoms with van der Waals surface area (Å²) in [7, 11) is -3.52. The molecule has 2 aliphatic heterocycles. The van der Waals surface area contributed by atoms with Gasteiger partial charge in [-0.05, 0) is 34.9 Å². The highest BCUT2D eigenvalue weighted by Crippen LogP contribution is 2.31. The molecule has 4 amide bonds. The summed E-state index contributed by atoms with van der Waals surface area (Å²) in [6.07, 6.45) is 0. The number of amides is 4. The molecule has 0 unspecified atom stereocenters. The molecule has 1 N–H and O–H groups in total. The first-order valence-electron chi connectivity index (χ1n) is 12.1. The molecule has 9 nitrogen and oxygen atoms in total. The number of nitrogens with one attached hydrogen (secondary N) is 1. The van der Waals surface area contributed by atoms with Crippen LogP contribution in [0.25, 0.3) is 10.8 Å². The third-order valence-electron chi connectivity index (χ3n) is 7.07. The standard InChI is InChI=1S/C27H28N4O5S/c1-27(23-12-11-21-9-5-6-10-22(21)17-23)25(33)31(26(34)28-27)18-24(32)29-13-15-30(16-14-29)37(35,36)19-20-7-3-2-4-8-20/h2-12,17H,13-16,18-19H2,1H3,(H,28,34)/t27-/m0/s1. The van der Waals surface area contributed by atoms with Crippen LogP contribution in [-0.4, -0.2) is 73.1 Å². The van der Waals surface area contributed by atoms with Crippen molar-refractivity contribution in [1.82, 2.24) is 19.4 Å². The summed E-state index contributed by atoms with van der Waals surface area (Å²) in [5.74, 6) is -0.992. The van der Waals surface area contributed by atoms with Crippen molar-refractivity contribution in [3.63, 3.8) is 0 Å². The lowest BCUT2D eigenvalue weighted by atomic mass is 9.90. The predicted molar refractivity (Wildman–Crippen MR) is 139 cm³/mol. The second kappa shape index (κ2) is 9.60. The minimum absolute atomic E-state index is 0.0996. The van der Waals surface area contributed by atoms with Gasteiger partial charge in [0.1, 0.15) is 12.1 Å². The Morgan fingerprint density at radius 3 is 2.24 bits per heavy atom. The van der Waals surface area contributed by atoms with Gasteiger partial charge in [0.25, 0.3) is 5.91 Å². The van der Waals surface area contributed by atoms with Gasteiger partial charge in [-0.3, -0.25) is 14.5 Å². The molecule has 3 aromatic rings. The largest absolute Gasteiger partial charge is 0.338 e. The van der Waals surface area contributed by atoms with Crippen LogP contribution in [0.15, 0.2) is 72.8 Å². The summed E-state index contributed by atoms with van der Waals surface area (Å²) in [5, 5.41) is 4.71. The van der Waals surface area contributed by atoms with Gasteiger partial charge in [0.15, 0.2) is 0 Å². The molecule has 37 heavy (non-hydrogen) atoms. The van der Waals surface area contributed by atoms with Crippen molar-refractivity contribution in [3.8, 4) is 0 Å². The van der Waals surface area contributed by atoms with E-state index in [-0.39, 0.29) is 31.9 Å². The molecule has 0 saturated carbocycles. The molecular weight excluding hydrogens is 492 g/mol. The van der Waals surface area contributed by atoms with Crippen molar-refractivity contribution in [2.45, 2.75) is 18.2 Å². The molecule has 0 bridgehead atoms. The number of benzene rings is 3. The molecule has 10 heteroatoms. The average molecular weight is 521 g/mol. The maximum absolute atomic E-state index is 13.3. The topological polar surface area (TPSA) is 107 Å². The zero-order valence-corrected chi connectivity index (χ0v) is 21.3. The van der Waals surface area contributed by atoms with E-state index in [4.69, 9.17) is 0 Å². The van der Waals surface area contributed by atoms with E-state index in [9.17, 15) is 22.8 Å². The second-order valence-corrected chi connectivity index (χ2v) is 11.5. The van der Waals surface area contributed by atoms with Crippen LogP contribution >= 0.6 is 0 Å². The van der Waals surface area contributed by atoms with Gasteiger partial charge >= 0.3 is 6.03 Å². The van der Waals surface area contributed by atoms with Gasteiger partial charge < -0.3 is 10.2 Å².